The fourth-order valence-corrected chi connectivity index (χ4v) is 3.90. The van der Waals surface area contributed by atoms with E-state index in [-0.39, 0.29) is 5.92 Å². The van der Waals surface area contributed by atoms with Gasteiger partial charge in [-0.1, -0.05) is 6.07 Å². The van der Waals surface area contributed by atoms with E-state index in [1.54, 1.807) is 17.5 Å². The number of thiophene rings is 1. The summed E-state index contributed by atoms with van der Waals surface area (Å²) in [7, 11) is 0. The number of aliphatic carboxylic acids is 1. The van der Waals surface area contributed by atoms with E-state index < -0.39 is 5.97 Å². The van der Waals surface area contributed by atoms with Gasteiger partial charge in [-0.05, 0) is 42.5 Å². The normalized spacial score (nSPS) is 18.0. The van der Waals surface area contributed by atoms with Crippen molar-refractivity contribution in [3.8, 4) is 0 Å². The Kier molecular flexibility index (Phi) is 3.34. The molecule has 1 atom stereocenters. The molecule has 0 radical (unpaired) electrons. The molecule has 98 valence electrons. The van der Waals surface area contributed by atoms with Crippen LogP contribution in [0.25, 0.3) is 0 Å². The second-order valence-corrected chi connectivity index (χ2v) is 6.20. The highest BCUT2D eigenvalue weighted by atomic mass is 32.1. The molecule has 3 nitrogen and oxygen atoms in total. The van der Waals surface area contributed by atoms with E-state index >= 15 is 0 Å². The SMILES string of the molecule is O=C(O)C1CCc2cc(Cc3cccnc3)sc2C1. The summed E-state index contributed by atoms with van der Waals surface area (Å²) in [6.07, 6.45) is 6.92. The van der Waals surface area contributed by atoms with Gasteiger partial charge < -0.3 is 5.11 Å². The Morgan fingerprint density at radius 3 is 3.16 bits per heavy atom. The number of hydrogen-bond acceptors (Lipinski definition) is 3. The van der Waals surface area contributed by atoms with Gasteiger partial charge in [0.1, 0.15) is 0 Å². The molecule has 0 aromatic carbocycles. The van der Waals surface area contributed by atoms with Gasteiger partial charge in [0.15, 0.2) is 0 Å². The van der Waals surface area contributed by atoms with Crippen molar-refractivity contribution in [2.45, 2.75) is 25.7 Å². The molecule has 2 aromatic rings. The summed E-state index contributed by atoms with van der Waals surface area (Å²) in [6, 6.07) is 6.26. The Balaban J connectivity index is 1.78. The molecule has 1 aliphatic carbocycles. The highest BCUT2D eigenvalue weighted by molar-refractivity contribution is 7.12. The van der Waals surface area contributed by atoms with Gasteiger partial charge in [0.25, 0.3) is 0 Å². The largest absolute Gasteiger partial charge is 0.481 e. The van der Waals surface area contributed by atoms with E-state index in [9.17, 15) is 4.79 Å². The maximum Gasteiger partial charge on any atom is 0.306 e. The second-order valence-electron chi connectivity index (χ2n) is 4.98. The van der Waals surface area contributed by atoms with E-state index in [0.29, 0.717) is 6.42 Å². The number of fused-ring (bicyclic) bond motifs is 1. The van der Waals surface area contributed by atoms with E-state index in [4.69, 9.17) is 5.11 Å². The van der Waals surface area contributed by atoms with Crippen LogP contribution in [0, 0.1) is 5.92 Å². The Morgan fingerprint density at radius 1 is 1.53 bits per heavy atom. The van der Waals surface area contributed by atoms with Gasteiger partial charge in [0.05, 0.1) is 5.92 Å². The molecule has 19 heavy (non-hydrogen) atoms. The molecule has 0 bridgehead atoms. The molecule has 3 rings (SSSR count). The number of nitrogens with zero attached hydrogens (tertiary/aromatic N) is 1. The average Bonchev–Trinajstić information content (AvgIpc) is 2.80. The summed E-state index contributed by atoms with van der Waals surface area (Å²) in [5, 5.41) is 9.10. The molecular formula is C15H15NO2S. The van der Waals surface area contributed by atoms with E-state index in [1.165, 1.54) is 20.9 Å². The lowest BCUT2D eigenvalue weighted by atomic mass is 9.89. The fraction of sp³-hybridized carbons (Fsp3) is 0.333. The van der Waals surface area contributed by atoms with Gasteiger partial charge >= 0.3 is 5.97 Å². The molecular weight excluding hydrogens is 258 g/mol. The van der Waals surface area contributed by atoms with Gasteiger partial charge in [-0.2, -0.15) is 0 Å². The van der Waals surface area contributed by atoms with Crippen molar-refractivity contribution < 1.29 is 9.90 Å². The van der Waals surface area contributed by atoms with Gasteiger partial charge in [-0.3, -0.25) is 9.78 Å². The molecule has 0 amide bonds. The smallest absolute Gasteiger partial charge is 0.306 e. The van der Waals surface area contributed by atoms with Gasteiger partial charge in [-0.25, -0.2) is 0 Å². The van der Waals surface area contributed by atoms with Crippen molar-refractivity contribution in [3.63, 3.8) is 0 Å². The molecule has 4 heteroatoms. The summed E-state index contributed by atoms with van der Waals surface area (Å²) in [5.41, 5.74) is 2.55. The van der Waals surface area contributed by atoms with E-state index in [2.05, 4.69) is 17.1 Å². The van der Waals surface area contributed by atoms with E-state index in [1.807, 2.05) is 12.3 Å². The van der Waals surface area contributed by atoms with Crippen LogP contribution < -0.4 is 0 Å². The first kappa shape index (κ1) is 12.4. The number of rotatable bonds is 3. The lowest BCUT2D eigenvalue weighted by Gasteiger charge is -2.17. The molecule has 1 N–H and O–H groups in total. The summed E-state index contributed by atoms with van der Waals surface area (Å²) in [6.45, 7) is 0. The predicted molar refractivity (Wildman–Crippen MR) is 74.5 cm³/mol. The van der Waals surface area contributed by atoms with Gasteiger partial charge in [0.2, 0.25) is 0 Å². The lowest BCUT2D eigenvalue weighted by Crippen LogP contribution is -2.20. The zero-order valence-electron chi connectivity index (χ0n) is 10.5. The van der Waals surface area contributed by atoms with Crippen LogP contribution >= 0.6 is 11.3 Å². The first-order valence-electron chi connectivity index (χ1n) is 6.44. The highest BCUT2D eigenvalue weighted by Crippen LogP contribution is 2.33. The van der Waals surface area contributed by atoms with Crippen molar-refractivity contribution in [2.24, 2.45) is 5.92 Å². The molecule has 2 heterocycles. The van der Waals surface area contributed by atoms with Crippen LogP contribution in [0.3, 0.4) is 0 Å². The molecule has 0 saturated heterocycles. The minimum Gasteiger partial charge on any atom is -0.481 e. The maximum atomic E-state index is 11.1. The Hall–Kier alpha value is -1.68. The molecule has 0 fully saturated rings. The molecule has 1 aliphatic rings. The molecule has 0 spiro atoms. The van der Waals surface area contributed by atoms with Crippen LogP contribution in [-0.4, -0.2) is 16.1 Å². The van der Waals surface area contributed by atoms with E-state index in [0.717, 1.165) is 19.3 Å². The second kappa shape index (κ2) is 5.13. The van der Waals surface area contributed by atoms with Gasteiger partial charge in [-0.15, -0.1) is 11.3 Å². The van der Waals surface area contributed by atoms with Crippen LogP contribution in [0.4, 0.5) is 0 Å². The van der Waals surface area contributed by atoms with Crippen molar-refractivity contribution in [1.82, 2.24) is 4.98 Å². The summed E-state index contributed by atoms with van der Waals surface area (Å²) < 4.78 is 0. The van der Waals surface area contributed by atoms with Gasteiger partial charge in [0, 0.05) is 28.6 Å². The first-order chi connectivity index (χ1) is 9.22. The summed E-state index contributed by atoms with van der Waals surface area (Å²) in [4.78, 5) is 17.8. The summed E-state index contributed by atoms with van der Waals surface area (Å²) >= 11 is 1.76. The minimum atomic E-state index is -0.659. The number of pyridine rings is 1. The van der Waals surface area contributed by atoms with Crippen LogP contribution in [0.5, 0.6) is 0 Å². The number of carboxylic acid groups (broad SMARTS) is 1. The average molecular weight is 273 g/mol. The first-order valence-corrected chi connectivity index (χ1v) is 7.26. The zero-order valence-corrected chi connectivity index (χ0v) is 11.3. The lowest BCUT2D eigenvalue weighted by molar-refractivity contribution is -0.142. The van der Waals surface area contributed by atoms with Crippen molar-refractivity contribution in [2.75, 3.05) is 0 Å². The summed E-state index contributed by atoms with van der Waals surface area (Å²) in [5.74, 6) is -0.856. The molecule has 0 saturated carbocycles. The third kappa shape index (κ3) is 2.68. The zero-order chi connectivity index (χ0) is 13.2. The topological polar surface area (TPSA) is 50.2 Å². The standard InChI is InChI=1S/C15H15NO2S/c17-15(18)12-4-3-11-7-13(19-14(11)8-12)6-10-2-1-5-16-9-10/h1-2,5,7,9,12H,3-4,6,8H2,(H,17,18). The minimum absolute atomic E-state index is 0.197. The molecule has 2 aromatic heterocycles. The van der Waals surface area contributed by atoms with Crippen LogP contribution in [0.2, 0.25) is 0 Å². The molecule has 1 unspecified atom stereocenters. The number of hydrogen-bond donors (Lipinski definition) is 1. The third-order valence-corrected chi connectivity index (χ3v) is 4.79. The number of carbonyl (C=O) groups is 1. The van der Waals surface area contributed by atoms with Crippen molar-refractivity contribution in [3.05, 3.63) is 51.5 Å². The van der Waals surface area contributed by atoms with Crippen molar-refractivity contribution >= 4 is 17.3 Å². The van der Waals surface area contributed by atoms with Crippen LogP contribution in [0.15, 0.2) is 30.6 Å². The molecule has 0 aliphatic heterocycles. The number of aryl methyl sites for hydroxylation is 1. The predicted octanol–water partition coefficient (Wildman–Crippen LogP) is 2.92. The van der Waals surface area contributed by atoms with Crippen LogP contribution in [-0.2, 0) is 24.1 Å². The highest BCUT2D eigenvalue weighted by Gasteiger charge is 2.25. The fourth-order valence-electron chi connectivity index (χ4n) is 2.57. The Morgan fingerprint density at radius 2 is 2.42 bits per heavy atom. The Bertz CT molecular complexity index is 591. The van der Waals surface area contributed by atoms with Crippen molar-refractivity contribution in [1.29, 1.82) is 0 Å². The number of aromatic nitrogens is 1. The Labute approximate surface area is 115 Å². The maximum absolute atomic E-state index is 11.1. The third-order valence-electron chi connectivity index (χ3n) is 3.59. The quantitative estimate of drug-likeness (QED) is 0.935. The number of carboxylic acids is 1. The monoisotopic (exact) mass is 273 g/mol. The van der Waals surface area contributed by atoms with Crippen LogP contribution in [0.1, 0.15) is 27.3 Å².